The number of rotatable bonds is 2. The molecule has 0 spiro atoms. The van der Waals surface area contributed by atoms with Crippen LogP contribution in [0.1, 0.15) is 5.56 Å². The third-order valence-corrected chi connectivity index (χ3v) is 2.16. The number of hydrogen-bond donors (Lipinski definition) is 1. The second-order valence-electron chi connectivity index (χ2n) is 3.25. The van der Waals surface area contributed by atoms with Gasteiger partial charge in [0.2, 0.25) is 0 Å². The quantitative estimate of drug-likeness (QED) is 0.601. The molecule has 0 amide bonds. The summed E-state index contributed by atoms with van der Waals surface area (Å²) in [5.74, 6) is 0. The number of H-pyrrole nitrogens is 1. The molecule has 0 aliphatic carbocycles. The summed E-state index contributed by atoms with van der Waals surface area (Å²) in [6, 6.07) is 7.46. The Kier molecular flexibility index (Phi) is 2.21. The number of benzene rings is 1. The zero-order valence-corrected chi connectivity index (χ0v) is 8.10. The third kappa shape index (κ3) is 1.71. The zero-order chi connectivity index (χ0) is 10.8. The Morgan fingerprint density at radius 3 is 2.60 bits per heavy atom. The van der Waals surface area contributed by atoms with Gasteiger partial charge in [0.1, 0.15) is 11.9 Å². The first-order valence-corrected chi connectivity index (χ1v) is 4.43. The minimum Gasteiger partial charge on any atom is -0.271 e. The van der Waals surface area contributed by atoms with Crippen LogP contribution in [-0.4, -0.2) is 15.1 Å². The predicted molar refractivity (Wildman–Crippen MR) is 55.4 cm³/mol. The Morgan fingerprint density at radius 1 is 1.33 bits per heavy atom. The summed E-state index contributed by atoms with van der Waals surface area (Å²) in [7, 11) is 0. The highest BCUT2D eigenvalue weighted by Crippen LogP contribution is 2.26. The molecule has 5 heteroatoms. The van der Waals surface area contributed by atoms with Crippen LogP contribution in [0.25, 0.3) is 11.3 Å². The fourth-order valence-electron chi connectivity index (χ4n) is 1.35. The van der Waals surface area contributed by atoms with Gasteiger partial charge >= 0.3 is 5.69 Å². The number of nitro groups is 1. The molecule has 0 unspecified atom stereocenters. The largest absolute Gasteiger partial charge is 0.314 e. The van der Waals surface area contributed by atoms with Gasteiger partial charge < -0.3 is 0 Å². The second kappa shape index (κ2) is 3.53. The van der Waals surface area contributed by atoms with Gasteiger partial charge in [-0.1, -0.05) is 29.8 Å². The maximum Gasteiger partial charge on any atom is 0.314 e. The van der Waals surface area contributed by atoms with Crippen LogP contribution >= 0.6 is 0 Å². The molecular weight excluding hydrogens is 194 g/mol. The Hall–Kier alpha value is -2.17. The molecule has 0 aliphatic rings. The number of nitrogens with one attached hydrogen (secondary N) is 1. The van der Waals surface area contributed by atoms with Crippen molar-refractivity contribution in [1.29, 1.82) is 0 Å². The van der Waals surface area contributed by atoms with Crippen LogP contribution in [0.2, 0.25) is 0 Å². The Morgan fingerprint density at radius 2 is 2.00 bits per heavy atom. The molecule has 0 atom stereocenters. The van der Waals surface area contributed by atoms with Gasteiger partial charge in [-0.15, -0.1) is 0 Å². The summed E-state index contributed by atoms with van der Waals surface area (Å²) in [4.78, 5) is 10.2. The zero-order valence-electron chi connectivity index (χ0n) is 8.10. The Labute approximate surface area is 85.9 Å². The summed E-state index contributed by atoms with van der Waals surface area (Å²) in [5, 5.41) is 17.0. The number of hydrogen-bond acceptors (Lipinski definition) is 3. The summed E-state index contributed by atoms with van der Waals surface area (Å²) in [5.41, 5.74) is 2.32. The average Bonchev–Trinajstić information content (AvgIpc) is 2.67. The van der Waals surface area contributed by atoms with E-state index >= 15 is 0 Å². The molecule has 2 rings (SSSR count). The van der Waals surface area contributed by atoms with Gasteiger partial charge in [0.15, 0.2) is 0 Å². The van der Waals surface area contributed by atoms with Crippen molar-refractivity contribution in [2.24, 2.45) is 0 Å². The maximum absolute atomic E-state index is 10.7. The molecule has 15 heavy (non-hydrogen) atoms. The molecule has 0 fully saturated rings. The molecule has 76 valence electrons. The molecule has 2 aromatic rings. The minimum absolute atomic E-state index is 0.00106. The number of nitrogens with zero attached hydrogens (tertiary/aromatic N) is 2. The predicted octanol–water partition coefficient (Wildman–Crippen LogP) is 2.29. The van der Waals surface area contributed by atoms with Gasteiger partial charge in [0, 0.05) is 5.56 Å². The van der Waals surface area contributed by atoms with E-state index in [1.165, 1.54) is 6.20 Å². The molecule has 1 aromatic heterocycles. The molecular formula is C10H9N3O2. The number of aryl methyl sites for hydroxylation is 1. The van der Waals surface area contributed by atoms with Gasteiger partial charge in [0.05, 0.1) is 4.92 Å². The van der Waals surface area contributed by atoms with Crippen molar-refractivity contribution in [2.45, 2.75) is 6.92 Å². The van der Waals surface area contributed by atoms with Gasteiger partial charge in [-0.25, -0.2) is 0 Å². The lowest BCUT2D eigenvalue weighted by molar-refractivity contribution is -0.384. The molecule has 0 aliphatic heterocycles. The van der Waals surface area contributed by atoms with Gasteiger partial charge in [-0.2, -0.15) is 5.10 Å². The van der Waals surface area contributed by atoms with Crippen LogP contribution in [-0.2, 0) is 0 Å². The van der Waals surface area contributed by atoms with E-state index in [0.717, 1.165) is 11.1 Å². The lowest BCUT2D eigenvalue weighted by atomic mass is 10.1. The van der Waals surface area contributed by atoms with Crippen LogP contribution in [0.3, 0.4) is 0 Å². The summed E-state index contributed by atoms with van der Waals surface area (Å²) < 4.78 is 0. The standard InChI is InChI=1S/C10H9N3O2/c1-7-2-4-8(5-3-7)10-9(13(14)15)6-11-12-10/h2-6H,1H3,(H,11,12). The number of aromatic amines is 1. The molecule has 0 radical (unpaired) electrons. The van der Waals surface area contributed by atoms with Crippen molar-refractivity contribution in [3.05, 3.63) is 46.1 Å². The highest BCUT2D eigenvalue weighted by molar-refractivity contribution is 5.68. The van der Waals surface area contributed by atoms with E-state index in [-0.39, 0.29) is 5.69 Å². The summed E-state index contributed by atoms with van der Waals surface area (Å²) >= 11 is 0. The van der Waals surface area contributed by atoms with E-state index in [2.05, 4.69) is 10.2 Å². The maximum atomic E-state index is 10.7. The van der Waals surface area contributed by atoms with Crippen molar-refractivity contribution in [1.82, 2.24) is 10.2 Å². The van der Waals surface area contributed by atoms with Gasteiger partial charge in [-0.05, 0) is 6.92 Å². The average molecular weight is 203 g/mol. The van der Waals surface area contributed by atoms with Crippen LogP contribution in [0, 0.1) is 17.0 Å². The fraction of sp³-hybridized carbons (Fsp3) is 0.100. The normalized spacial score (nSPS) is 10.2. The highest BCUT2D eigenvalue weighted by Gasteiger charge is 2.16. The van der Waals surface area contributed by atoms with E-state index in [1.54, 1.807) is 0 Å². The lowest BCUT2D eigenvalue weighted by Gasteiger charge is -1.97. The van der Waals surface area contributed by atoms with Crippen LogP contribution in [0.5, 0.6) is 0 Å². The van der Waals surface area contributed by atoms with Crippen LogP contribution < -0.4 is 0 Å². The topological polar surface area (TPSA) is 71.8 Å². The first-order valence-electron chi connectivity index (χ1n) is 4.43. The molecule has 0 saturated heterocycles. The first kappa shape index (κ1) is 9.39. The van der Waals surface area contributed by atoms with Crippen molar-refractivity contribution in [3.8, 4) is 11.3 Å². The van der Waals surface area contributed by atoms with Crippen LogP contribution in [0.15, 0.2) is 30.5 Å². The smallest absolute Gasteiger partial charge is 0.271 e. The van der Waals surface area contributed by atoms with Gasteiger partial charge in [0.25, 0.3) is 0 Å². The molecule has 1 N–H and O–H groups in total. The summed E-state index contributed by atoms with van der Waals surface area (Å²) in [6.45, 7) is 1.96. The van der Waals surface area contributed by atoms with Crippen molar-refractivity contribution < 1.29 is 4.92 Å². The number of aromatic nitrogens is 2. The molecule has 1 heterocycles. The van der Waals surface area contributed by atoms with E-state index in [0.29, 0.717) is 5.69 Å². The third-order valence-electron chi connectivity index (χ3n) is 2.16. The second-order valence-corrected chi connectivity index (χ2v) is 3.25. The van der Waals surface area contributed by atoms with Gasteiger partial charge in [-0.3, -0.25) is 15.2 Å². The molecule has 5 nitrogen and oxygen atoms in total. The molecule has 0 bridgehead atoms. The SMILES string of the molecule is Cc1ccc(-c2[nH]ncc2[N+](=O)[O-])cc1. The highest BCUT2D eigenvalue weighted by atomic mass is 16.6. The Bertz CT molecular complexity index is 488. The van der Waals surface area contributed by atoms with Crippen molar-refractivity contribution in [2.75, 3.05) is 0 Å². The lowest BCUT2D eigenvalue weighted by Crippen LogP contribution is -1.89. The fourth-order valence-corrected chi connectivity index (χ4v) is 1.35. The minimum atomic E-state index is -0.446. The van der Waals surface area contributed by atoms with E-state index in [9.17, 15) is 10.1 Å². The monoisotopic (exact) mass is 203 g/mol. The molecule has 0 saturated carbocycles. The van der Waals surface area contributed by atoms with E-state index in [1.807, 2.05) is 31.2 Å². The van der Waals surface area contributed by atoms with Crippen molar-refractivity contribution >= 4 is 5.69 Å². The van der Waals surface area contributed by atoms with Crippen LogP contribution in [0.4, 0.5) is 5.69 Å². The molecule has 1 aromatic carbocycles. The van der Waals surface area contributed by atoms with E-state index < -0.39 is 4.92 Å². The Balaban J connectivity index is 2.49. The summed E-state index contributed by atoms with van der Waals surface area (Å²) in [6.07, 6.45) is 1.22. The van der Waals surface area contributed by atoms with Crippen molar-refractivity contribution in [3.63, 3.8) is 0 Å². The first-order chi connectivity index (χ1) is 7.18. The van der Waals surface area contributed by atoms with E-state index in [4.69, 9.17) is 0 Å².